The van der Waals surface area contributed by atoms with Gasteiger partial charge in [-0.15, -0.1) is 10.2 Å². The fraction of sp³-hybridized carbons (Fsp3) is 0.333. The van der Waals surface area contributed by atoms with Crippen molar-refractivity contribution in [2.45, 2.75) is 13.3 Å². The molecule has 1 N–H and O–H groups in total. The van der Waals surface area contributed by atoms with Gasteiger partial charge in [-0.1, -0.05) is 12.1 Å². The van der Waals surface area contributed by atoms with Gasteiger partial charge in [-0.25, -0.2) is 4.79 Å². The Hall–Kier alpha value is -2.90. The highest BCUT2D eigenvalue weighted by molar-refractivity contribution is 6.32. The molecule has 1 amide bonds. The molecule has 0 atom stereocenters. The lowest BCUT2D eigenvalue weighted by atomic mass is 10.2. The molecule has 0 unspecified atom stereocenters. The van der Waals surface area contributed by atoms with E-state index in [0.29, 0.717) is 29.5 Å². The molecule has 8 heteroatoms. The summed E-state index contributed by atoms with van der Waals surface area (Å²) in [6.45, 7) is 1.96. The normalized spacial score (nSPS) is 10.2. The number of nitrogens with one attached hydrogen (secondary N) is 1. The largest absolute Gasteiger partial charge is 0.496 e. The number of carbonyl (C=O) groups is 2. The number of ether oxygens (including phenoxy) is 2. The molecule has 1 aromatic carbocycles. The van der Waals surface area contributed by atoms with Crippen LogP contribution in [0.1, 0.15) is 12.8 Å². The van der Waals surface area contributed by atoms with E-state index in [9.17, 15) is 9.59 Å². The maximum absolute atomic E-state index is 11.4. The minimum Gasteiger partial charge on any atom is -0.496 e. The molecular weight excluding hydrogens is 302 g/mol. The van der Waals surface area contributed by atoms with E-state index in [-0.39, 0.29) is 13.2 Å². The number of carbonyl (C=O) groups excluding carboxylic acids is 2. The first-order chi connectivity index (χ1) is 11.2. The zero-order valence-corrected chi connectivity index (χ0v) is 12.9. The maximum atomic E-state index is 11.4. The van der Waals surface area contributed by atoms with Crippen LogP contribution in [0.4, 0.5) is 0 Å². The van der Waals surface area contributed by atoms with Crippen LogP contribution in [0.3, 0.4) is 0 Å². The Kier molecular flexibility index (Phi) is 5.67. The van der Waals surface area contributed by atoms with Crippen molar-refractivity contribution >= 4 is 11.9 Å². The van der Waals surface area contributed by atoms with E-state index < -0.39 is 11.9 Å². The van der Waals surface area contributed by atoms with Crippen LogP contribution in [0.5, 0.6) is 5.75 Å². The van der Waals surface area contributed by atoms with Gasteiger partial charge >= 0.3 is 11.9 Å². The molecule has 0 aliphatic heterocycles. The zero-order valence-electron chi connectivity index (χ0n) is 12.9. The number of amides is 1. The van der Waals surface area contributed by atoms with Gasteiger partial charge in [0.1, 0.15) is 5.75 Å². The molecule has 2 rings (SSSR count). The Morgan fingerprint density at radius 3 is 2.78 bits per heavy atom. The summed E-state index contributed by atoms with van der Waals surface area (Å²) in [6, 6.07) is 7.27. The van der Waals surface area contributed by atoms with Crippen molar-refractivity contribution in [2.75, 3.05) is 20.3 Å². The van der Waals surface area contributed by atoms with Crippen LogP contribution < -0.4 is 10.1 Å². The van der Waals surface area contributed by atoms with Crippen LogP contribution in [0.15, 0.2) is 28.7 Å². The number of esters is 1. The van der Waals surface area contributed by atoms with E-state index in [2.05, 4.69) is 20.3 Å². The molecule has 0 radical (unpaired) electrons. The van der Waals surface area contributed by atoms with Gasteiger partial charge < -0.3 is 19.2 Å². The molecule has 2 aromatic rings. The Balaban J connectivity index is 1.93. The summed E-state index contributed by atoms with van der Waals surface area (Å²) in [7, 11) is 1.56. The smallest absolute Gasteiger partial charge is 0.396 e. The van der Waals surface area contributed by atoms with Crippen LogP contribution in [-0.2, 0) is 20.7 Å². The Morgan fingerprint density at radius 1 is 1.26 bits per heavy atom. The average molecular weight is 319 g/mol. The summed E-state index contributed by atoms with van der Waals surface area (Å²) in [5, 5.41) is 10.3. The zero-order chi connectivity index (χ0) is 16.7. The third-order valence-electron chi connectivity index (χ3n) is 2.89. The SMILES string of the molecule is CCOC(=O)C(=O)NCCc1nnc(-c2ccccc2OC)o1. The highest BCUT2D eigenvalue weighted by atomic mass is 16.5. The second-order valence-corrected chi connectivity index (χ2v) is 4.43. The summed E-state index contributed by atoms with van der Waals surface area (Å²) in [5.41, 5.74) is 0.685. The maximum Gasteiger partial charge on any atom is 0.396 e. The van der Waals surface area contributed by atoms with E-state index >= 15 is 0 Å². The molecule has 1 heterocycles. The molecule has 0 fully saturated rings. The minimum absolute atomic E-state index is 0.151. The lowest BCUT2D eigenvalue weighted by molar-refractivity contribution is -0.154. The Morgan fingerprint density at radius 2 is 2.04 bits per heavy atom. The molecule has 8 nitrogen and oxygen atoms in total. The van der Waals surface area contributed by atoms with Crippen molar-refractivity contribution in [3.8, 4) is 17.2 Å². The molecule has 0 bridgehead atoms. The highest BCUT2D eigenvalue weighted by Gasteiger charge is 2.15. The van der Waals surface area contributed by atoms with Gasteiger partial charge in [-0.05, 0) is 19.1 Å². The van der Waals surface area contributed by atoms with Crippen molar-refractivity contribution in [3.05, 3.63) is 30.2 Å². The number of rotatable bonds is 6. The topological polar surface area (TPSA) is 104 Å². The predicted molar refractivity (Wildman–Crippen MR) is 79.6 cm³/mol. The van der Waals surface area contributed by atoms with Gasteiger partial charge in [0, 0.05) is 13.0 Å². The fourth-order valence-corrected chi connectivity index (χ4v) is 1.84. The monoisotopic (exact) mass is 319 g/mol. The van der Waals surface area contributed by atoms with Crippen LogP contribution in [0.25, 0.3) is 11.5 Å². The molecular formula is C15H17N3O5. The number of para-hydroxylation sites is 1. The number of nitrogens with zero attached hydrogens (tertiary/aromatic N) is 2. The van der Waals surface area contributed by atoms with E-state index in [1.165, 1.54) is 0 Å². The Labute approximate surface area is 132 Å². The molecule has 23 heavy (non-hydrogen) atoms. The van der Waals surface area contributed by atoms with Crippen LogP contribution in [0.2, 0.25) is 0 Å². The number of hydrogen-bond donors (Lipinski definition) is 1. The minimum atomic E-state index is -0.909. The van der Waals surface area contributed by atoms with Gasteiger partial charge in [0.25, 0.3) is 5.89 Å². The molecule has 0 spiro atoms. The summed E-state index contributed by atoms with van der Waals surface area (Å²) < 4.78 is 15.3. The standard InChI is InChI=1S/C15H17N3O5/c1-3-22-15(20)13(19)16-9-8-12-17-18-14(23-12)10-6-4-5-7-11(10)21-2/h4-7H,3,8-9H2,1-2H3,(H,16,19). The lowest BCUT2D eigenvalue weighted by Crippen LogP contribution is -2.33. The summed E-state index contributed by atoms with van der Waals surface area (Å²) >= 11 is 0. The second kappa shape index (κ2) is 7.92. The van der Waals surface area contributed by atoms with Gasteiger partial charge in [-0.2, -0.15) is 0 Å². The third-order valence-corrected chi connectivity index (χ3v) is 2.89. The third kappa shape index (κ3) is 4.29. The van der Waals surface area contributed by atoms with Gasteiger partial charge in [0.15, 0.2) is 0 Å². The summed E-state index contributed by atoms with van der Waals surface area (Å²) in [4.78, 5) is 22.5. The van der Waals surface area contributed by atoms with Crippen LogP contribution in [-0.4, -0.2) is 42.3 Å². The Bertz CT molecular complexity index is 683. The molecule has 0 aliphatic rings. The van der Waals surface area contributed by atoms with E-state index in [1.54, 1.807) is 26.2 Å². The van der Waals surface area contributed by atoms with Crippen LogP contribution >= 0.6 is 0 Å². The lowest BCUT2D eigenvalue weighted by Gasteiger charge is -2.03. The summed E-state index contributed by atoms with van der Waals surface area (Å²) in [5.74, 6) is -0.411. The van der Waals surface area contributed by atoms with E-state index in [0.717, 1.165) is 0 Å². The van der Waals surface area contributed by atoms with Crippen molar-refractivity contribution in [1.82, 2.24) is 15.5 Å². The molecule has 1 aromatic heterocycles. The molecule has 122 valence electrons. The number of hydrogen-bond acceptors (Lipinski definition) is 7. The van der Waals surface area contributed by atoms with E-state index in [4.69, 9.17) is 9.15 Å². The summed E-state index contributed by atoms with van der Waals surface area (Å²) in [6.07, 6.45) is 0.299. The average Bonchev–Trinajstić information content (AvgIpc) is 3.03. The van der Waals surface area contributed by atoms with Gasteiger partial charge in [0.05, 0.1) is 19.3 Å². The first-order valence-electron chi connectivity index (χ1n) is 7.06. The first kappa shape index (κ1) is 16.5. The second-order valence-electron chi connectivity index (χ2n) is 4.43. The van der Waals surface area contributed by atoms with Crippen molar-refractivity contribution < 1.29 is 23.5 Å². The predicted octanol–water partition coefficient (Wildman–Crippen LogP) is 0.967. The molecule has 0 aliphatic carbocycles. The van der Waals surface area contributed by atoms with E-state index in [1.807, 2.05) is 12.1 Å². The first-order valence-corrected chi connectivity index (χ1v) is 7.06. The van der Waals surface area contributed by atoms with Crippen molar-refractivity contribution in [2.24, 2.45) is 0 Å². The highest BCUT2D eigenvalue weighted by Crippen LogP contribution is 2.28. The number of benzene rings is 1. The van der Waals surface area contributed by atoms with Crippen molar-refractivity contribution in [3.63, 3.8) is 0 Å². The van der Waals surface area contributed by atoms with Crippen LogP contribution in [0, 0.1) is 0 Å². The number of aromatic nitrogens is 2. The van der Waals surface area contributed by atoms with Crippen molar-refractivity contribution in [1.29, 1.82) is 0 Å². The van der Waals surface area contributed by atoms with Gasteiger partial charge in [-0.3, -0.25) is 4.79 Å². The van der Waals surface area contributed by atoms with Gasteiger partial charge in [0.2, 0.25) is 5.89 Å². The molecule has 0 saturated heterocycles. The number of methoxy groups -OCH3 is 1. The molecule has 0 saturated carbocycles. The quantitative estimate of drug-likeness (QED) is 0.625. The fourth-order valence-electron chi connectivity index (χ4n) is 1.84.